The van der Waals surface area contributed by atoms with Crippen LogP contribution in [0.5, 0.6) is 0 Å². The maximum absolute atomic E-state index is 8.89. The van der Waals surface area contributed by atoms with E-state index < -0.39 is 0 Å². The molecule has 0 aliphatic carbocycles. The van der Waals surface area contributed by atoms with Crippen LogP contribution in [-0.2, 0) is 6.42 Å². The van der Waals surface area contributed by atoms with Crippen LogP contribution in [0.4, 0.5) is 5.69 Å². The highest BCUT2D eigenvalue weighted by Crippen LogP contribution is 2.22. The van der Waals surface area contributed by atoms with Gasteiger partial charge in [-0.05, 0) is 48.7 Å². The lowest BCUT2D eigenvalue weighted by atomic mass is 10.1. The Morgan fingerprint density at radius 2 is 1.89 bits per heavy atom. The zero-order valence-electron chi connectivity index (χ0n) is 10.9. The van der Waals surface area contributed by atoms with Crippen molar-refractivity contribution in [3.8, 4) is 0 Å². The van der Waals surface area contributed by atoms with Crippen LogP contribution in [-0.4, -0.2) is 11.7 Å². The van der Waals surface area contributed by atoms with Gasteiger partial charge in [-0.15, -0.1) is 0 Å². The summed E-state index contributed by atoms with van der Waals surface area (Å²) >= 11 is 3.49. The van der Waals surface area contributed by atoms with Gasteiger partial charge in [0, 0.05) is 22.8 Å². The van der Waals surface area contributed by atoms with Gasteiger partial charge >= 0.3 is 0 Å². The minimum Gasteiger partial charge on any atom is -0.396 e. The fraction of sp³-hybridized carbons (Fsp3) is 0.250. The molecule has 0 heterocycles. The lowest BCUT2D eigenvalue weighted by molar-refractivity contribution is 0.299. The highest BCUT2D eigenvalue weighted by atomic mass is 79.9. The molecule has 2 nitrogen and oxygen atoms in total. The summed E-state index contributed by atoms with van der Waals surface area (Å²) in [6.07, 6.45) is 0.710. The number of aliphatic hydroxyl groups excluding tert-OH is 1. The smallest absolute Gasteiger partial charge is 0.0486 e. The number of halogens is 1. The lowest BCUT2D eigenvalue weighted by Crippen LogP contribution is -2.06. The molecule has 0 saturated heterocycles. The van der Waals surface area contributed by atoms with Crippen molar-refractivity contribution in [1.82, 2.24) is 0 Å². The Kier molecular flexibility index (Phi) is 5.00. The third kappa shape index (κ3) is 4.08. The van der Waals surface area contributed by atoms with Crippen LogP contribution in [0.2, 0.25) is 0 Å². The molecule has 0 fully saturated rings. The van der Waals surface area contributed by atoms with Crippen molar-refractivity contribution in [2.24, 2.45) is 0 Å². The zero-order chi connectivity index (χ0) is 13.7. The third-order valence-corrected chi connectivity index (χ3v) is 3.58. The molecule has 1 atom stereocenters. The summed E-state index contributed by atoms with van der Waals surface area (Å²) in [6.45, 7) is 2.34. The summed E-state index contributed by atoms with van der Waals surface area (Å²) in [5, 5.41) is 12.4. The first-order valence-corrected chi connectivity index (χ1v) is 7.20. The molecule has 0 bridgehead atoms. The quantitative estimate of drug-likeness (QED) is 0.867. The van der Waals surface area contributed by atoms with Crippen LogP contribution in [0.3, 0.4) is 0 Å². The number of anilines is 1. The maximum atomic E-state index is 8.89. The monoisotopic (exact) mass is 319 g/mol. The SMILES string of the molecule is CC(Nc1ccc(CCO)cc1)c1cccc(Br)c1. The number of hydrogen-bond acceptors (Lipinski definition) is 2. The maximum Gasteiger partial charge on any atom is 0.0486 e. The van der Waals surface area contributed by atoms with Gasteiger partial charge in [-0.25, -0.2) is 0 Å². The van der Waals surface area contributed by atoms with Crippen LogP contribution in [0.1, 0.15) is 24.1 Å². The predicted molar refractivity (Wildman–Crippen MR) is 83.4 cm³/mol. The second kappa shape index (κ2) is 6.73. The molecular formula is C16H18BrNO. The Balaban J connectivity index is 2.04. The van der Waals surface area contributed by atoms with E-state index in [4.69, 9.17) is 5.11 Å². The molecule has 100 valence electrons. The number of hydrogen-bond donors (Lipinski definition) is 2. The van der Waals surface area contributed by atoms with Crippen LogP contribution < -0.4 is 5.32 Å². The summed E-state index contributed by atoms with van der Waals surface area (Å²) in [4.78, 5) is 0. The van der Waals surface area contributed by atoms with Crippen molar-refractivity contribution in [3.05, 3.63) is 64.1 Å². The first-order valence-electron chi connectivity index (χ1n) is 6.41. The third-order valence-electron chi connectivity index (χ3n) is 3.09. The van der Waals surface area contributed by atoms with E-state index in [0.717, 1.165) is 15.7 Å². The Bertz CT molecular complexity index is 525. The average molecular weight is 320 g/mol. The minimum atomic E-state index is 0.196. The molecule has 0 amide bonds. The normalized spacial score (nSPS) is 12.2. The molecule has 3 heteroatoms. The summed E-state index contributed by atoms with van der Waals surface area (Å²) in [5.74, 6) is 0. The number of rotatable bonds is 5. The first kappa shape index (κ1) is 14.1. The molecule has 2 aromatic rings. The molecule has 0 aliphatic heterocycles. The van der Waals surface area contributed by atoms with E-state index in [0.29, 0.717) is 6.42 Å². The van der Waals surface area contributed by atoms with Gasteiger partial charge in [-0.1, -0.05) is 40.2 Å². The van der Waals surface area contributed by atoms with Gasteiger partial charge in [0.05, 0.1) is 0 Å². The standard InChI is InChI=1S/C16H18BrNO/c1-12(14-3-2-4-15(17)11-14)18-16-7-5-13(6-8-16)9-10-19/h2-8,11-12,18-19H,9-10H2,1H3. The molecule has 0 saturated carbocycles. The van der Waals surface area contributed by atoms with E-state index in [1.807, 2.05) is 24.3 Å². The van der Waals surface area contributed by atoms with Crippen LogP contribution in [0.15, 0.2) is 53.0 Å². The number of aliphatic hydroxyl groups is 1. The fourth-order valence-corrected chi connectivity index (χ4v) is 2.42. The van der Waals surface area contributed by atoms with Crippen LogP contribution in [0, 0.1) is 0 Å². The highest BCUT2D eigenvalue weighted by molar-refractivity contribution is 9.10. The van der Waals surface area contributed by atoms with E-state index in [1.165, 1.54) is 5.56 Å². The summed E-state index contributed by atoms with van der Waals surface area (Å²) < 4.78 is 1.09. The summed E-state index contributed by atoms with van der Waals surface area (Å²) in [6, 6.07) is 16.8. The second-order valence-electron chi connectivity index (χ2n) is 4.59. The van der Waals surface area contributed by atoms with Gasteiger partial charge in [0.2, 0.25) is 0 Å². The summed E-state index contributed by atoms with van der Waals surface area (Å²) in [5.41, 5.74) is 3.49. The van der Waals surface area contributed by atoms with Crippen molar-refractivity contribution in [1.29, 1.82) is 0 Å². The first-order chi connectivity index (χ1) is 9.19. The van der Waals surface area contributed by atoms with Gasteiger partial charge in [0.15, 0.2) is 0 Å². The van der Waals surface area contributed by atoms with Gasteiger partial charge in [0.1, 0.15) is 0 Å². The van der Waals surface area contributed by atoms with Gasteiger partial charge < -0.3 is 10.4 Å². The lowest BCUT2D eigenvalue weighted by Gasteiger charge is -2.16. The Labute approximate surface area is 122 Å². The van der Waals surface area contributed by atoms with Gasteiger partial charge in [-0.2, -0.15) is 0 Å². The van der Waals surface area contributed by atoms with Crippen LogP contribution >= 0.6 is 15.9 Å². The molecule has 1 unspecified atom stereocenters. The molecule has 0 radical (unpaired) electrons. The topological polar surface area (TPSA) is 32.3 Å². The molecular weight excluding hydrogens is 302 g/mol. The Morgan fingerprint density at radius 3 is 2.53 bits per heavy atom. The molecule has 0 aliphatic rings. The van der Waals surface area contributed by atoms with Crippen molar-refractivity contribution < 1.29 is 5.11 Å². The van der Waals surface area contributed by atoms with Crippen molar-refractivity contribution in [2.75, 3.05) is 11.9 Å². The molecule has 0 spiro atoms. The van der Waals surface area contributed by atoms with Crippen molar-refractivity contribution >= 4 is 21.6 Å². The highest BCUT2D eigenvalue weighted by Gasteiger charge is 2.05. The zero-order valence-corrected chi connectivity index (χ0v) is 12.5. The molecule has 2 aromatic carbocycles. The second-order valence-corrected chi connectivity index (χ2v) is 5.51. The van der Waals surface area contributed by atoms with E-state index in [9.17, 15) is 0 Å². The largest absolute Gasteiger partial charge is 0.396 e. The molecule has 19 heavy (non-hydrogen) atoms. The molecule has 2 rings (SSSR count). The Morgan fingerprint density at radius 1 is 1.16 bits per heavy atom. The average Bonchev–Trinajstić information content (AvgIpc) is 2.41. The van der Waals surface area contributed by atoms with Gasteiger partial charge in [-0.3, -0.25) is 0 Å². The number of benzene rings is 2. The van der Waals surface area contributed by atoms with Gasteiger partial charge in [0.25, 0.3) is 0 Å². The van der Waals surface area contributed by atoms with Crippen molar-refractivity contribution in [3.63, 3.8) is 0 Å². The molecule has 0 aromatic heterocycles. The van der Waals surface area contributed by atoms with E-state index in [1.54, 1.807) is 0 Å². The number of nitrogens with one attached hydrogen (secondary N) is 1. The van der Waals surface area contributed by atoms with E-state index in [-0.39, 0.29) is 12.6 Å². The minimum absolute atomic E-state index is 0.196. The Hall–Kier alpha value is -1.32. The predicted octanol–water partition coefficient (Wildman–Crippen LogP) is 4.16. The summed E-state index contributed by atoms with van der Waals surface area (Å²) in [7, 11) is 0. The van der Waals surface area contributed by atoms with Crippen LogP contribution in [0.25, 0.3) is 0 Å². The van der Waals surface area contributed by atoms with E-state index in [2.05, 4.69) is 52.4 Å². The van der Waals surface area contributed by atoms with E-state index >= 15 is 0 Å². The molecule has 2 N–H and O–H groups in total. The van der Waals surface area contributed by atoms with Crippen molar-refractivity contribution in [2.45, 2.75) is 19.4 Å². The fourth-order valence-electron chi connectivity index (χ4n) is 2.01.